The number of aromatic nitrogens is 2. The molecule has 1 heterocycles. The third-order valence-corrected chi connectivity index (χ3v) is 3.21. The second-order valence-corrected chi connectivity index (χ2v) is 4.84. The van der Waals surface area contributed by atoms with Crippen molar-refractivity contribution in [1.82, 2.24) is 14.9 Å². The van der Waals surface area contributed by atoms with Crippen LogP contribution in [0.3, 0.4) is 0 Å². The summed E-state index contributed by atoms with van der Waals surface area (Å²) in [6.07, 6.45) is 3.57. The van der Waals surface area contributed by atoms with Crippen molar-refractivity contribution in [3.8, 4) is 0 Å². The van der Waals surface area contributed by atoms with Crippen molar-refractivity contribution in [3.63, 3.8) is 0 Å². The monoisotopic (exact) mass is 297 g/mol. The van der Waals surface area contributed by atoms with Gasteiger partial charge in [-0.3, -0.25) is 0 Å². The van der Waals surface area contributed by atoms with Crippen molar-refractivity contribution in [2.75, 3.05) is 20.3 Å². The predicted octanol–water partition coefficient (Wildman–Crippen LogP) is 2.46. The summed E-state index contributed by atoms with van der Waals surface area (Å²) in [6.45, 7) is 2.77. The van der Waals surface area contributed by atoms with Gasteiger partial charge in [0.25, 0.3) is 0 Å². The highest BCUT2D eigenvalue weighted by atomic mass is 35.5. The normalized spacial score (nSPS) is 10.9. The van der Waals surface area contributed by atoms with Crippen LogP contribution < -0.4 is 5.32 Å². The Hall–Kier alpha value is -1.43. The molecule has 0 saturated carbocycles. The quantitative estimate of drug-likeness (QED) is 0.798. The van der Waals surface area contributed by atoms with E-state index >= 15 is 0 Å². The van der Waals surface area contributed by atoms with Crippen LogP contribution in [0.2, 0.25) is 5.02 Å². The minimum absolute atomic E-state index is 0.141. The van der Waals surface area contributed by atoms with E-state index < -0.39 is 5.82 Å². The van der Waals surface area contributed by atoms with Gasteiger partial charge < -0.3 is 14.6 Å². The number of nitrogens with zero attached hydrogens (tertiary/aromatic N) is 2. The number of benzene rings is 1. The Labute approximate surface area is 122 Å². The number of nitrogens with one attached hydrogen (secondary N) is 1. The fraction of sp³-hybridized carbons (Fsp3) is 0.357. The number of rotatable bonds is 7. The van der Waals surface area contributed by atoms with Gasteiger partial charge in [0.1, 0.15) is 5.82 Å². The molecule has 0 atom stereocenters. The summed E-state index contributed by atoms with van der Waals surface area (Å²) in [6, 6.07) is 4.74. The number of ether oxygens (including phenoxy) is 1. The molecule has 0 spiro atoms. The largest absolute Gasteiger partial charge is 0.383 e. The molecule has 0 amide bonds. The van der Waals surface area contributed by atoms with E-state index in [-0.39, 0.29) is 5.02 Å². The van der Waals surface area contributed by atoms with E-state index in [1.807, 2.05) is 10.8 Å². The van der Waals surface area contributed by atoms with Crippen LogP contribution in [-0.4, -0.2) is 29.8 Å². The minimum atomic E-state index is -0.400. The lowest BCUT2D eigenvalue weighted by molar-refractivity contribution is 0.199. The van der Waals surface area contributed by atoms with Gasteiger partial charge in [-0.15, -0.1) is 0 Å². The first-order chi connectivity index (χ1) is 9.70. The van der Waals surface area contributed by atoms with Crippen LogP contribution in [0.5, 0.6) is 0 Å². The average molecular weight is 298 g/mol. The Balaban J connectivity index is 1.99. The van der Waals surface area contributed by atoms with Crippen LogP contribution in [0.1, 0.15) is 11.3 Å². The fourth-order valence-corrected chi connectivity index (χ4v) is 2.07. The van der Waals surface area contributed by atoms with Crippen LogP contribution in [0.15, 0.2) is 30.7 Å². The van der Waals surface area contributed by atoms with Crippen molar-refractivity contribution in [3.05, 3.63) is 52.8 Å². The van der Waals surface area contributed by atoms with E-state index in [0.717, 1.165) is 17.8 Å². The molecule has 1 aromatic heterocycles. The summed E-state index contributed by atoms with van der Waals surface area (Å²) in [5.74, 6) is -0.400. The summed E-state index contributed by atoms with van der Waals surface area (Å²) < 4.78 is 20.1. The van der Waals surface area contributed by atoms with Crippen LogP contribution >= 0.6 is 11.6 Å². The lowest BCUT2D eigenvalue weighted by atomic mass is 10.2. The molecule has 0 aliphatic heterocycles. The standard InChI is InChI=1S/C14H17ClFN3O/c1-20-5-4-17-7-12-8-18-10-19(12)9-11-2-3-14(16)13(15)6-11/h2-3,6,8,10,17H,4-5,7,9H2,1H3. The molecule has 1 aromatic carbocycles. The number of methoxy groups -OCH3 is 1. The van der Waals surface area contributed by atoms with Crippen LogP contribution in [0.25, 0.3) is 0 Å². The Bertz CT molecular complexity index is 559. The van der Waals surface area contributed by atoms with E-state index in [0.29, 0.717) is 19.7 Å². The van der Waals surface area contributed by atoms with Crippen LogP contribution in [0.4, 0.5) is 4.39 Å². The van der Waals surface area contributed by atoms with Crippen molar-refractivity contribution in [2.24, 2.45) is 0 Å². The molecule has 0 aliphatic carbocycles. The summed E-state index contributed by atoms with van der Waals surface area (Å²) in [5, 5.41) is 3.40. The van der Waals surface area contributed by atoms with Gasteiger partial charge in [-0.05, 0) is 17.7 Å². The molecule has 108 valence electrons. The summed E-state index contributed by atoms with van der Waals surface area (Å²) in [7, 11) is 1.67. The van der Waals surface area contributed by atoms with E-state index in [9.17, 15) is 4.39 Å². The molecule has 20 heavy (non-hydrogen) atoms. The molecule has 2 aromatic rings. The van der Waals surface area contributed by atoms with E-state index in [1.54, 1.807) is 25.6 Å². The number of imidazole rings is 1. The maximum Gasteiger partial charge on any atom is 0.141 e. The zero-order valence-electron chi connectivity index (χ0n) is 11.3. The SMILES string of the molecule is COCCNCc1cncn1Cc1ccc(F)c(Cl)c1. The maximum atomic E-state index is 13.1. The number of hydrogen-bond acceptors (Lipinski definition) is 3. The Morgan fingerprint density at radius 1 is 1.45 bits per heavy atom. The zero-order valence-corrected chi connectivity index (χ0v) is 12.0. The van der Waals surface area contributed by atoms with E-state index in [2.05, 4.69) is 10.3 Å². The molecule has 6 heteroatoms. The predicted molar refractivity (Wildman–Crippen MR) is 76.3 cm³/mol. The van der Waals surface area contributed by atoms with Gasteiger partial charge in [0.15, 0.2) is 0 Å². The highest BCUT2D eigenvalue weighted by Crippen LogP contribution is 2.17. The highest BCUT2D eigenvalue weighted by Gasteiger charge is 2.05. The van der Waals surface area contributed by atoms with Gasteiger partial charge in [-0.25, -0.2) is 9.37 Å². The van der Waals surface area contributed by atoms with Gasteiger partial charge in [-0.1, -0.05) is 17.7 Å². The smallest absolute Gasteiger partial charge is 0.141 e. The number of halogens is 2. The van der Waals surface area contributed by atoms with Gasteiger partial charge in [0.05, 0.1) is 23.7 Å². The highest BCUT2D eigenvalue weighted by molar-refractivity contribution is 6.30. The second-order valence-electron chi connectivity index (χ2n) is 4.43. The Morgan fingerprint density at radius 3 is 3.05 bits per heavy atom. The van der Waals surface area contributed by atoms with Gasteiger partial charge >= 0.3 is 0 Å². The first-order valence-electron chi connectivity index (χ1n) is 6.33. The van der Waals surface area contributed by atoms with Crippen molar-refractivity contribution >= 4 is 11.6 Å². The summed E-state index contributed by atoms with van der Waals surface area (Å²) >= 11 is 5.79. The first-order valence-corrected chi connectivity index (χ1v) is 6.71. The summed E-state index contributed by atoms with van der Waals surface area (Å²) in [4.78, 5) is 4.14. The second kappa shape index (κ2) is 7.38. The zero-order chi connectivity index (χ0) is 14.4. The van der Waals surface area contributed by atoms with Crippen molar-refractivity contribution < 1.29 is 9.13 Å². The molecule has 0 radical (unpaired) electrons. The third kappa shape index (κ3) is 4.03. The molecular weight excluding hydrogens is 281 g/mol. The number of hydrogen-bond donors (Lipinski definition) is 1. The third-order valence-electron chi connectivity index (χ3n) is 2.92. The van der Waals surface area contributed by atoms with E-state index in [1.165, 1.54) is 6.07 Å². The molecule has 0 aliphatic rings. The lowest BCUT2D eigenvalue weighted by Gasteiger charge is -2.09. The molecule has 1 N–H and O–H groups in total. The molecule has 0 unspecified atom stereocenters. The summed E-state index contributed by atoms with van der Waals surface area (Å²) in [5.41, 5.74) is 1.99. The molecule has 4 nitrogen and oxygen atoms in total. The first kappa shape index (κ1) is 15.0. The van der Waals surface area contributed by atoms with E-state index in [4.69, 9.17) is 16.3 Å². The fourth-order valence-electron chi connectivity index (χ4n) is 1.86. The molecule has 0 fully saturated rings. The van der Waals surface area contributed by atoms with Crippen molar-refractivity contribution in [1.29, 1.82) is 0 Å². The van der Waals surface area contributed by atoms with Crippen LogP contribution in [0, 0.1) is 5.82 Å². The minimum Gasteiger partial charge on any atom is -0.383 e. The Morgan fingerprint density at radius 2 is 2.30 bits per heavy atom. The average Bonchev–Trinajstić information content (AvgIpc) is 2.86. The maximum absolute atomic E-state index is 13.1. The topological polar surface area (TPSA) is 39.1 Å². The Kier molecular flexibility index (Phi) is 5.52. The van der Waals surface area contributed by atoms with Crippen molar-refractivity contribution in [2.45, 2.75) is 13.1 Å². The van der Waals surface area contributed by atoms with Gasteiger partial charge in [0.2, 0.25) is 0 Å². The molecule has 0 saturated heterocycles. The molecule has 2 rings (SSSR count). The van der Waals surface area contributed by atoms with Gasteiger partial charge in [0, 0.05) is 32.9 Å². The van der Waals surface area contributed by atoms with Gasteiger partial charge in [-0.2, -0.15) is 0 Å². The van der Waals surface area contributed by atoms with Crippen LogP contribution in [-0.2, 0) is 17.8 Å². The molecule has 0 bridgehead atoms. The lowest BCUT2D eigenvalue weighted by Crippen LogP contribution is -2.20. The molecular formula is C14H17ClFN3O.